The molecule has 4 N–H and O–H groups in total. The molecule has 184 valence electrons. The van der Waals surface area contributed by atoms with Crippen molar-refractivity contribution >= 4 is 33.4 Å². The van der Waals surface area contributed by atoms with E-state index >= 15 is 0 Å². The van der Waals surface area contributed by atoms with Gasteiger partial charge in [0, 0.05) is 17.3 Å². The maximum absolute atomic E-state index is 13.0. The predicted octanol–water partition coefficient (Wildman–Crippen LogP) is 4.84. The number of sulfonamides is 1. The molecule has 8 nitrogen and oxygen atoms in total. The average molecular weight is 496 g/mol. The number of urea groups is 1. The molecule has 0 bridgehead atoms. The van der Waals surface area contributed by atoms with Crippen LogP contribution in [0.25, 0.3) is 0 Å². The van der Waals surface area contributed by atoms with Gasteiger partial charge < -0.3 is 15.8 Å². The molecule has 9 heteroatoms. The fourth-order valence-electron chi connectivity index (χ4n) is 3.58. The van der Waals surface area contributed by atoms with Crippen molar-refractivity contribution in [3.05, 3.63) is 90.0 Å². The Morgan fingerprint density at radius 1 is 0.886 bits per heavy atom. The van der Waals surface area contributed by atoms with Gasteiger partial charge in [-0.2, -0.15) is 0 Å². The molecule has 0 spiro atoms. The number of nitrogens with two attached hydrogens (primary N) is 1. The molecule has 3 rings (SSSR count). The number of amides is 2. The normalized spacial score (nSPS) is 12.4. The minimum atomic E-state index is -3.96. The van der Waals surface area contributed by atoms with Crippen LogP contribution in [-0.2, 0) is 19.6 Å². The van der Waals surface area contributed by atoms with Crippen molar-refractivity contribution in [2.45, 2.75) is 43.6 Å². The van der Waals surface area contributed by atoms with Gasteiger partial charge in [0.2, 0.25) is 0 Å². The third kappa shape index (κ3) is 7.58. The summed E-state index contributed by atoms with van der Waals surface area (Å²) in [6.07, 6.45) is 0.0956. The van der Waals surface area contributed by atoms with Gasteiger partial charge in [-0.05, 0) is 62.2 Å². The number of carbonyl (C=O) groups excluding carboxylic acids is 2. The van der Waals surface area contributed by atoms with Gasteiger partial charge in [-0.15, -0.1) is 0 Å². The Bertz CT molecular complexity index is 1300. The van der Waals surface area contributed by atoms with Gasteiger partial charge in [-0.1, -0.05) is 48.5 Å². The van der Waals surface area contributed by atoms with Crippen molar-refractivity contribution in [2.75, 3.05) is 10.0 Å². The largest absolute Gasteiger partial charge is 0.460 e. The molecule has 3 aromatic carbocycles. The lowest BCUT2D eigenvalue weighted by Gasteiger charge is -2.23. The SMILES string of the molecule is CC(C)(C)OC(=O)CC(c1ccccc1)c1cccc(NS(=O)(=O)c2cccc(NC(N)=O)c2)c1. The van der Waals surface area contributed by atoms with Gasteiger partial charge >= 0.3 is 12.0 Å². The highest BCUT2D eigenvalue weighted by Gasteiger charge is 2.24. The molecule has 0 saturated heterocycles. The lowest BCUT2D eigenvalue weighted by atomic mass is 9.88. The van der Waals surface area contributed by atoms with E-state index in [1.165, 1.54) is 24.3 Å². The Morgan fingerprint density at radius 3 is 2.17 bits per heavy atom. The van der Waals surface area contributed by atoms with Gasteiger partial charge in [-0.25, -0.2) is 13.2 Å². The lowest BCUT2D eigenvalue weighted by Crippen LogP contribution is -2.25. The molecule has 35 heavy (non-hydrogen) atoms. The monoisotopic (exact) mass is 495 g/mol. The number of anilines is 2. The van der Waals surface area contributed by atoms with Crippen LogP contribution in [0.15, 0.2) is 83.8 Å². The number of nitrogens with one attached hydrogen (secondary N) is 2. The molecular weight excluding hydrogens is 466 g/mol. The van der Waals surface area contributed by atoms with Gasteiger partial charge in [0.25, 0.3) is 10.0 Å². The van der Waals surface area contributed by atoms with Gasteiger partial charge in [0.15, 0.2) is 0 Å². The highest BCUT2D eigenvalue weighted by Crippen LogP contribution is 2.31. The predicted molar refractivity (Wildman–Crippen MR) is 136 cm³/mol. The first kappa shape index (κ1) is 25.8. The lowest BCUT2D eigenvalue weighted by molar-refractivity contribution is -0.155. The van der Waals surface area contributed by atoms with E-state index in [1.807, 2.05) is 57.2 Å². The minimum absolute atomic E-state index is 0.0393. The number of hydrogen-bond donors (Lipinski definition) is 3. The van der Waals surface area contributed by atoms with Crippen LogP contribution in [0.1, 0.15) is 44.2 Å². The van der Waals surface area contributed by atoms with Crippen LogP contribution in [0.2, 0.25) is 0 Å². The second kappa shape index (κ2) is 10.6. The van der Waals surface area contributed by atoms with Crippen molar-refractivity contribution in [1.29, 1.82) is 0 Å². The molecule has 0 radical (unpaired) electrons. The van der Waals surface area contributed by atoms with Crippen LogP contribution in [0.4, 0.5) is 16.2 Å². The zero-order chi connectivity index (χ0) is 25.6. The molecule has 0 heterocycles. The van der Waals surface area contributed by atoms with Crippen molar-refractivity contribution in [1.82, 2.24) is 0 Å². The summed E-state index contributed by atoms with van der Waals surface area (Å²) < 4.78 is 34.1. The standard InChI is InChI=1S/C26H29N3O5S/c1-26(2,3)34-24(30)17-23(18-9-5-4-6-10-18)19-11-7-13-21(15-19)29-35(32,33)22-14-8-12-20(16-22)28-25(27)31/h4-16,23,29H,17H2,1-3H3,(H3,27,28,31). The van der Waals surface area contributed by atoms with E-state index in [9.17, 15) is 18.0 Å². The third-order valence-corrected chi connectivity index (χ3v) is 6.32. The highest BCUT2D eigenvalue weighted by molar-refractivity contribution is 7.92. The molecule has 0 aromatic heterocycles. The molecular formula is C26H29N3O5S. The number of esters is 1. The molecule has 3 aromatic rings. The van der Waals surface area contributed by atoms with Crippen LogP contribution in [0.5, 0.6) is 0 Å². The summed E-state index contributed by atoms with van der Waals surface area (Å²) in [5, 5.41) is 2.36. The van der Waals surface area contributed by atoms with E-state index < -0.39 is 21.7 Å². The number of hydrogen-bond acceptors (Lipinski definition) is 5. The van der Waals surface area contributed by atoms with Crippen molar-refractivity contribution in [2.24, 2.45) is 5.73 Å². The number of ether oxygens (including phenoxy) is 1. The van der Waals surface area contributed by atoms with Gasteiger partial charge in [-0.3, -0.25) is 9.52 Å². The number of benzene rings is 3. The first-order chi connectivity index (χ1) is 16.4. The molecule has 1 atom stereocenters. The summed E-state index contributed by atoms with van der Waals surface area (Å²) in [6, 6.07) is 21.4. The number of primary amides is 1. The molecule has 0 saturated carbocycles. The van der Waals surface area contributed by atoms with Gasteiger partial charge in [0.1, 0.15) is 5.60 Å². The Balaban J connectivity index is 1.90. The van der Waals surface area contributed by atoms with Crippen LogP contribution in [-0.4, -0.2) is 26.0 Å². The molecule has 0 fully saturated rings. The Labute approximate surface area is 205 Å². The second-order valence-corrected chi connectivity index (χ2v) is 10.7. The minimum Gasteiger partial charge on any atom is -0.460 e. The highest BCUT2D eigenvalue weighted by atomic mass is 32.2. The molecule has 0 aliphatic carbocycles. The quantitative estimate of drug-likeness (QED) is 0.385. The molecule has 1 unspecified atom stereocenters. The maximum Gasteiger partial charge on any atom is 0.316 e. The zero-order valence-electron chi connectivity index (χ0n) is 19.8. The van der Waals surface area contributed by atoms with E-state index in [0.29, 0.717) is 5.69 Å². The Kier molecular flexibility index (Phi) is 7.81. The smallest absolute Gasteiger partial charge is 0.316 e. The van der Waals surface area contributed by atoms with Crippen molar-refractivity contribution < 1.29 is 22.7 Å². The Hall–Kier alpha value is -3.85. The van der Waals surface area contributed by atoms with Gasteiger partial charge in [0.05, 0.1) is 11.3 Å². The average Bonchev–Trinajstić information content (AvgIpc) is 2.76. The van der Waals surface area contributed by atoms with Crippen LogP contribution in [0.3, 0.4) is 0 Å². The third-order valence-electron chi connectivity index (χ3n) is 4.95. The van der Waals surface area contributed by atoms with E-state index in [1.54, 1.807) is 18.2 Å². The summed E-state index contributed by atoms with van der Waals surface area (Å²) >= 11 is 0. The van der Waals surface area contributed by atoms with E-state index in [-0.39, 0.29) is 28.9 Å². The maximum atomic E-state index is 13.0. The zero-order valence-corrected chi connectivity index (χ0v) is 20.6. The van der Waals surface area contributed by atoms with E-state index in [4.69, 9.17) is 10.5 Å². The second-order valence-electron chi connectivity index (χ2n) is 9.00. The fourth-order valence-corrected chi connectivity index (χ4v) is 4.67. The summed E-state index contributed by atoms with van der Waals surface area (Å²) in [5.74, 6) is -0.685. The van der Waals surface area contributed by atoms with Crippen molar-refractivity contribution in [3.8, 4) is 0 Å². The van der Waals surface area contributed by atoms with Crippen molar-refractivity contribution in [3.63, 3.8) is 0 Å². The summed E-state index contributed by atoms with van der Waals surface area (Å²) in [5.41, 5.74) is 6.76. The summed E-state index contributed by atoms with van der Waals surface area (Å²) in [4.78, 5) is 23.7. The number of rotatable bonds is 8. The van der Waals surface area contributed by atoms with Crippen LogP contribution in [0, 0.1) is 0 Å². The summed E-state index contributed by atoms with van der Waals surface area (Å²) in [6.45, 7) is 5.43. The first-order valence-electron chi connectivity index (χ1n) is 11.0. The summed E-state index contributed by atoms with van der Waals surface area (Å²) in [7, 11) is -3.96. The first-order valence-corrected chi connectivity index (χ1v) is 12.5. The topological polar surface area (TPSA) is 128 Å². The molecule has 0 aliphatic heterocycles. The number of carbonyl (C=O) groups is 2. The van der Waals surface area contributed by atoms with Crippen LogP contribution >= 0.6 is 0 Å². The Morgan fingerprint density at radius 2 is 1.51 bits per heavy atom. The van der Waals surface area contributed by atoms with Crippen LogP contribution < -0.4 is 15.8 Å². The molecule has 0 aliphatic rings. The molecule has 2 amide bonds. The van der Waals surface area contributed by atoms with E-state index in [2.05, 4.69) is 10.0 Å². The van der Waals surface area contributed by atoms with E-state index in [0.717, 1.165) is 11.1 Å². The fraction of sp³-hybridized carbons (Fsp3) is 0.231.